The summed E-state index contributed by atoms with van der Waals surface area (Å²) in [5.74, 6) is -0.345. The number of hydrogen-bond donors (Lipinski definition) is 1. The molecule has 0 saturated carbocycles. The summed E-state index contributed by atoms with van der Waals surface area (Å²) in [6.45, 7) is 1.72. The van der Waals surface area contributed by atoms with Crippen molar-refractivity contribution in [2.24, 2.45) is 5.73 Å². The molecular weight excluding hydrogens is 328 g/mol. The van der Waals surface area contributed by atoms with Gasteiger partial charge in [-0.05, 0) is 13.0 Å². The second-order valence-electron chi connectivity index (χ2n) is 3.26. The minimum absolute atomic E-state index is 0.318. The number of hydrogen-bond acceptors (Lipinski definition) is 3. The van der Waals surface area contributed by atoms with E-state index in [1.807, 2.05) is 16.2 Å². The first-order chi connectivity index (χ1) is 7.13. The molecule has 2 aromatic rings. The van der Waals surface area contributed by atoms with Gasteiger partial charge in [0.2, 0.25) is 0 Å². The summed E-state index contributed by atoms with van der Waals surface area (Å²) in [5, 5.41) is 0. The van der Waals surface area contributed by atoms with Gasteiger partial charge in [-0.3, -0.25) is 3.97 Å². The van der Waals surface area contributed by atoms with Crippen molar-refractivity contribution >= 4 is 41.4 Å². The van der Waals surface area contributed by atoms with Crippen LogP contribution < -0.4 is 5.73 Å². The van der Waals surface area contributed by atoms with Crippen molar-refractivity contribution in [3.05, 3.63) is 29.8 Å². The van der Waals surface area contributed by atoms with Gasteiger partial charge in [-0.15, -0.1) is 0 Å². The van der Waals surface area contributed by atoms with Gasteiger partial charge in [0.25, 0.3) is 0 Å². The molecule has 2 aromatic heterocycles. The molecule has 3 nitrogen and oxygen atoms in total. The summed E-state index contributed by atoms with van der Waals surface area (Å²) in [6, 6.07) is 2.95. The van der Waals surface area contributed by atoms with E-state index < -0.39 is 0 Å². The highest BCUT2D eigenvalue weighted by Gasteiger charge is 2.12. The first kappa shape index (κ1) is 11.2. The minimum Gasteiger partial charge on any atom is -0.323 e. The largest absolute Gasteiger partial charge is 0.323 e. The monoisotopic (exact) mass is 337 g/mol. The molecule has 6 heteroatoms. The maximum Gasteiger partial charge on any atom is 0.148 e. The Morgan fingerprint density at radius 2 is 2.40 bits per heavy atom. The number of rotatable bonds is 2. The molecule has 0 aliphatic carbocycles. The quantitative estimate of drug-likeness (QED) is 0.857. The molecule has 0 aliphatic rings. The fourth-order valence-corrected chi connectivity index (χ4v) is 2.76. The van der Waals surface area contributed by atoms with Crippen molar-refractivity contribution in [3.63, 3.8) is 0 Å². The first-order valence-electron chi connectivity index (χ1n) is 4.35. The summed E-state index contributed by atoms with van der Waals surface area (Å²) >= 11 is 2.14. The van der Waals surface area contributed by atoms with Crippen LogP contribution in [0.3, 0.4) is 0 Å². The molecule has 0 bridgehead atoms. The summed E-state index contributed by atoms with van der Waals surface area (Å²) in [6.07, 6.45) is 1.86. The fraction of sp³-hybridized carbons (Fsp3) is 0.222. The van der Waals surface area contributed by atoms with Gasteiger partial charge in [0.05, 0.1) is 16.7 Å². The van der Waals surface area contributed by atoms with Crippen LogP contribution in [-0.4, -0.2) is 8.96 Å². The van der Waals surface area contributed by atoms with Crippen molar-refractivity contribution in [2.45, 2.75) is 13.0 Å². The number of aromatic nitrogens is 2. The molecule has 0 radical (unpaired) electrons. The van der Waals surface area contributed by atoms with Crippen LogP contribution in [0.15, 0.2) is 18.3 Å². The van der Waals surface area contributed by atoms with Gasteiger partial charge >= 0.3 is 0 Å². The van der Waals surface area contributed by atoms with Crippen molar-refractivity contribution in [1.29, 1.82) is 0 Å². The van der Waals surface area contributed by atoms with Crippen LogP contribution in [-0.2, 0) is 0 Å². The predicted octanol–water partition coefficient (Wildman–Crippen LogP) is 3.04. The minimum atomic E-state index is -0.384. The van der Waals surface area contributed by atoms with Crippen molar-refractivity contribution in [3.8, 4) is 0 Å². The molecule has 0 fully saturated rings. The SMILES string of the molecule is CC(N)c1nc2ccn(SI)c2cc1F. The zero-order chi connectivity index (χ0) is 11.0. The van der Waals surface area contributed by atoms with E-state index in [4.69, 9.17) is 5.73 Å². The Balaban J connectivity index is 2.67. The highest BCUT2D eigenvalue weighted by atomic mass is 127. The van der Waals surface area contributed by atoms with E-state index in [0.717, 1.165) is 11.0 Å². The van der Waals surface area contributed by atoms with Crippen LogP contribution in [0.5, 0.6) is 0 Å². The number of fused-ring (bicyclic) bond motifs is 1. The normalized spacial score (nSPS) is 13.3. The standard InChI is InChI=1S/C9H9FIN3S/c1-5(12)9-6(10)4-8-7(13-9)2-3-14(8)15-11/h2-5H,12H2,1H3. The maximum atomic E-state index is 13.6. The second kappa shape index (κ2) is 4.26. The third-order valence-electron chi connectivity index (χ3n) is 2.12. The predicted molar refractivity (Wildman–Crippen MR) is 69.3 cm³/mol. The number of pyridine rings is 1. The fourth-order valence-electron chi connectivity index (χ4n) is 1.41. The topological polar surface area (TPSA) is 43.8 Å². The molecule has 0 aromatic carbocycles. The van der Waals surface area contributed by atoms with E-state index in [9.17, 15) is 4.39 Å². The molecule has 2 heterocycles. The molecular formula is C9H9FIN3S. The Labute approximate surface area is 103 Å². The van der Waals surface area contributed by atoms with Gasteiger partial charge in [-0.2, -0.15) is 0 Å². The lowest BCUT2D eigenvalue weighted by Crippen LogP contribution is -2.09. The van der Waals surface area contributed by atoms with Crippen molar-refractivity contribution in [1.82, 2.24) is 8.96 Å². The van der Waals surface area contributed by atoms with Crippen molar-refractivity contribution < 1.29 is 4.39 Å². The first-order valence-corrected chi connectivity index (χ1v) is 7.67. The number of nitrogens with zero attached hydrogens (tertiary/aromatic N) is 2. The third kappa shape index (κ3) is 1.98. The van der Waals surface area contributed by atoms with E-state index in [1.165, 1.54) is 15.2 Å². The molecule has 2 N–H and O–H groups in total. The lowest BCUT2D eigenvalue weighted by molar-refractivity contribution is 0.583. The Kier molecular flexibility index (Phi) is 3.17. The van der Waals surface area contributed by atoms with Crippen LogP contribution in [0, 0.1) is 5.82 Å². The van der Waals surface area contributed by atoms with Gasteiger partial charge in [-0.1, -0.05) is 0 Å². The summed E-state index contributed by atoms with van der Waals surface area (Å²) in [4.78, 5) is 4.21. The van der Waals surface area contributed by atoms with Crippen LogP contribution in [0.2, 0.25) is 0 Å². The Bertz CT molecular complexity index is 497. The van der Waals surface area contributed by atoms with E-state index in [-0.39, 0.29) is 11.9 Å². The zero-order valence-corrected chi connectivity index (χ0v) is 10.9. The Morgan fingerprint density at radius 1 is 1.67 bits per heavy atom. The summed E-state index contributed by atoms with van der Waals surface area (Å²) in [7, 11) is 1.48. The van der Waals surface area contributed by atoms with Crippen LogP contribution in [0.4, 0.5) is 4.39 Å². The average molecular weight is 337 g/mol. The Hall–Kier alpha value is -0.340. The van der Waals surface area contributed by atoms with Crippen molar-refractivity contribution in [2.75, 3.05) is 0 Å². The lowest BCUT2D eigenvalue weighted by atomic mass is 10.2. The highest BCUT2D eigenvalue weighted by Crippen LogP contribution is 2.26. The molecule has 15 heavy (non-hydrogen) atoms. The van der Waals surface area contributed by atoms with E-state index >= 15 is 0 Å². The highest BCUT2D eigenvalue weighted by molar-refractivity contribution is 14.2. The molecule has 0 saturated heterocycles. The number of nitrogens with two attached hydrogens (primary N) is 1. The Morgan fingerprint density at radius 3 is 3.00 bits per heavy atom. The maximum absolute atomic E-state index is 13.6. The molecule has 0 spiro atoms. The van der Waals surface area contributed by atoms with Crippen LogP contribution in [0.1, 0.15) is 18.7 Å². The zero-order valence-electron chi connectivity index (χ0n) is 7.95. The van der Waals surface area contributed by atoms with Gasteiger partial charge in [0.1, 0.15) is 5.82 Å². The second-order valence-corrected chi connectivity index (χ2v) is 4.97. The van der Waals surface area contributed by atoms with Gasteiger partial charge in [0.15, 0.2) is 0 Å². The molecule has 1 unspecified atom stereocenters. The molecule has 0 amide bonds. The van der Waals surface area contributed by atoms with E-state index in [0.29, 0.717) is 5.69 Å². The number of halogens is 2. The molecule has 1 atom stereocenters. The average Bonchev–Trinajstić information content (AvgIpc) is 2.58. The molecule has 2 rings (SSSR count). The third-order valence-corrected chi connectivity index (χ3v) is 3.86. The lowest BCUT2D eigenvalue weighted by Gasteiger charge is -2.06. The van der Waals surface area contributed by atoms with Crippen LogP contribution >= 0.6 is 30.3 Å². The smallest absolute Gasteiger partial charge is 0.148 e. The van der Waals surface area contributed by atoms with E-state index in [1.54, 1.807) is 6.92 Å². The van der Waals surface area contributed by atoms with E-state index in [2.05, 4.69) is 26.2 Å². The van der Waals surface area contributed by atoms with Crippen LogP contribution in [0.25, 0.3) is 11.0 Å². The summed E-state index contributed by atoms with van der Waals surface area (Å²) < 4.78 is 15.5. The molecule has 0 aliphatic heterocycles. The summed E-state index contributed by atoms with van der Waals surface area (Å²) in [5.41, 5.74) is 7.49. The van der Waals surface area contributed by atoms with Gasteiger partial charge < -0.3 is 5.73 Å². The van der Waals surface area contributed by atoms with Gasteiger partial charge in [-0.25, -0.2) is 9.37 Å². The van der Waals surface area contributed by atoms with Gasteiger partial charge in [0, 0.05) is 48.6 Å². The molecule has 80 valence electrons.